The predicted molar refractivity (Wildman–Crippen MR) is 173 cm³/mol. The number of thiazole rings is 1. The van der Waals surface area contributed by atoms with E-state index < -0.39 is 12.1 Å². The fraction of sp³-hybridized carbons (Fsp3) is 0.343. The number of rotatable bonds is 12. The van der Waals surface area contributed by atoms with Crippen molar-refractivity contribution in [3.8, 4) is 5.75 Å². The fourth-order valence-corrected chi connectivity index (χ4v) is 6.57. The number of aliphatic hydroxyl groups is 1. The van der Waals surface area contributed by atoms with E-state index in [0.29, 0.717) is 24.1 Å². The first-order valence-corrected chi connectivity index (χ1v) is 15.9. The lowest BCUT2D eigenvalue weighted by Crippen LogP contribution is -2.49. The van der Waals surface area contributed by atoms with Crippen LogP contribution in [0.5, 0.6) is 5.75 Å². The number of aromatic nitrogens is 1. The van der Waals surface area contributed by atoms with E-state index in [1.54, 1.807) is 42.7 Å². The molecule has 230 valence electrons. The van der Waals surface area contributed by atoms with Crippen molar-refractivity contribution in [1.82, 2.24) is 20.5 Å². The molecule has 3 N–H and O–H groups in total. The van der Waals surface area contributed by atoms with Crippen molar-refractivity contribution >= 4 is 23.2 Å². The van der Waals surface area contributed by atoms with Crippen molar-refractivity contribution in [3.63, 3.8) is 0 Å². The van der Waals surface area contributed by atoms with E-state index in [-0.39, 0.29) is 30.4 Å². The zero-order valence-electron chi connectivity index (χ0n) is 25.4. The number of ether oxygens (including phenoxy) is 1. The molecule has 1 aliphatic rings. The van der Waals surface area contributed by atoms with Crippen molar-refractivity contribution in [2.75, 3.05) is 20.2 Å². The molecule has 0 aliphatic carbocycles. The highest BCUT2D eigenvalue weighted by atomic mass is 32.1. The largest absolute Gasteiger partial charge is 0.497 e. The molecule has 9 heteroatoms. The Hall–Kier alpha value is -4.05. The Morgan fingerprint density at radius 3 is 2.59 bits per heavy atom. The highest BCUT2D eigenvalue weighted by Gasteiger charge is 2.33. The topological polar surface area (TPSA) is 104 Å². The number of amides is 2. The summed E-state index contributed by atoms with van der Waals surface area (Å²) in [4.78, 5) is 33.7. The number of hydrogen-bond donors (Lipinski definition) is 3. The maximum absolute atomic E-state index is 13.6. The minimum Gasteiger partial charge on any atom is -0.497 e. The summed E-state index contributed by atoms with van der Waals surface area (Å²) < 4.78 is 5.35. The zero-order valence-corrected chi connectivity index (χ0v) is 26.2. The van der Waals surface area contributed by atoms with Gasteiger partial charge in [0.05, 0.1) is 25.3 Å². The monoisotopic (exact) mass is 612 g/mol. The summed E-state index contributed by atoms with van der Waals surface area (Å²) in [5.41, 5.74) is 3.83. The molecule has 3 aromatic carbocycles. The van der Waals surface area contributed by atoms with Gasteiger partial charge in [0.1, 0.15) is 10.8 Å². The molecule has 4 aromatic rings. The highest BCUT2D eigenvalue weighted by molar-refractivity contribution is 7.09. The quantitative estimate of drug-likeness (QED) is 0.196. The lowest BCUT2D eigenvalue weighted by atomic mass is 9.99. The standard InChI is InChI=1S/C35H40N4O4S/c1-23-22-44-34(37-23)31-16-9-17-39(31)35(42)28-14-7-13-27(19-28)33(41)38-30(18-25-10-5-4-6-11-25)32(40)21-36-24(2)26-12-8-15-29(20-26)43-3/h4-8,10-15,19-20,22,24,30-32,36,40H,9,16-18,21H2,1-3H3,(H,38,41)/t24-,30-,31+,32-/m0/s1. The van der Waals surface area contributed by atoms with Crippen LogP contribution in [0.2, 0.25) is 0 Å². The summed E-state index contributed by atoms with van der Waals surface area (Å²) in [5.74, 6) is 0.325. The Balaban J connectivity index is 1.28. The first kappa shape index (κ1) is 31.4. The maximum Gasteiger partial charge on any atom is 0.254 e. The number of aryl methyl sites for hydroxylation is 1. The molecule has 1 aliphatic heterocycles. The molecule has 1 saturated heterocycles. The number of nitrogens with one attached hydrogen (secondary N) is 2. The van der Waals surface area contributed by atoms with Gasteiger partial charge in [-0.05, 0) is 74.6 Å². The summed E-state index contributed by atoms with van der Waals surface area (Å²) in [7, 11) is 1.63. The number of nitrogens with zero attached hydrogens (tertiary/aromatic N) is 2. The Morgan fingerprint density at radius 2 is 1.84 bits per heavy atom. The van der Waals surface area contributed by atoms with Crippen LogP contribution in [0, 0.1) is 6.92 Å². The predicted octanol–water partition coefficient (Wildman–Crippen LogP) is 5.49. The van der Waals surface area contributed by atoms with Crippen LogP contribution in [-0.2, 0) is 6.42 Å². The minimum atomic E-state index is -0.871. The molecular weight excluding hydrogens is 572 g/mol. The van der Waals surface area contributed by atoms with Gasteiger partial charge in [-0.15, -0.1) is 11.3 Å². The summed E-state index contributed by atoms with van der Waals surface area (Å²) in [6.45, 7) is 4.91. The van der Waals surface area contributed by atoms with Crippen LogP contribution in [-0.4, -0.2) is 59.1 Å². The SMILES string of the molecule is COc1cccc([C@H](C)NC[C@H](O)[C@H](Cc2ccccc2)NC(=O)c2cccc(C(=O)N3CCC[C@@H]3c3nc(C)cs3)c2)c1. The molecular formula is C35H40N4O4S. The molecule has 2 heterocycles. The third-order valence-corrected chi connectivity index (χ3v) is 9.18. The minimum absolute atomic E-state index is 0.0433. The number of carbonyl (C=O) groups is 2. The summed E-state index contributed by atoms with van der Waals surface area (Å²) in [6, 6.07) is 23.8. The lowest BCUT2D eigenvalue weighted by molar-refractivity contribution is 0.0735. The van der Waals surface area contributed by atoms with Crippen LogP contribution >= 0.6 is 11.3 Å². The fourth-order valence-electron chi connectivity index (χ4n) is 5.62. The van der Waals surface area contributed by atoms with Crippen LogP contribution < -0.4 is 15.4 Å². The van der Waals surface area contributed by atoms with Crippen molar-refractivity contribution in [1.29, 1.82) is 0 Å². The van der Waals surface area contributed by atoms with Crippen molar-refractivity contribution in [3.05, 3.63) is 117 Å². The van der Waals surface area contributed by atoms with Crippen molar-refractivity contribution < 1.29 is 19.4 Å². The van der Waals surface area contributed by atoms with Gasteiger partial charge in [0.2, 0.25) is 0 Å². The number of benzene rings is 3. The average Bonchev–Trinajstić information content (AvgIpc) is 3.72. The number of methoxy groups -OCH3 is 1. The van der Waals surface area contributed by atoms with Gasteiger partial charge < -0.3 is 25.4 Å². The maximum atomic E-state index is 13.6. The molecule has 44 heavy (non-hydrogen) atoms. The lowest BCUT2D eigenvalue weighted by Gasteiger charge is -2.27. The van der Waals surface area contributed by atoms with E-state index in [0.717, 1.165) is 40.4 Å². The van der Waals surface area contributed by atoms with Gasteiger partial charge in [0.25, 0.3) is 11.8 Å². The highest BCUT2D eigenvalue weighted by Crippen LogP contribution is 2.34. The molecule has 5 rings (SSSR count). The van der Waals surface area contributed by atoms with Gasteiger partial charge in [-0.3, -0.25) is 9.59 Å². The van der Waals surface area contributed by atoms with E-state index in [1.807, 2.05) is 78.7 Å². The Labute approximate surface area is 263 Å². The summed E-state index contributed by atoms with van der Waals surface area (Å²) in [5, 5.41) is 20.7. The second-order valence-corrected chi connectivity index (χ2v) is 12.2. The van der Waals surface area contributed by atoms with Crippen LogP contribution in [0.3, 0.4) is 0 Å². The van der Waals surface area contributed by atoms with Gasteiger partial charge in [-0.25, -0.2) is 4.98 Å². The van der Waals surface area contributed by atoms with E-state index in [2.05, 4.69) is 15.6 Å². The van der Waals surface area contributed by atoms with Crippen LogP contribution in [0.4, 0.5) is 0 Å². The third kappa shape index (κ3) is 7.72. The smallest absolute Gasteiger partial charge is 0.254 e. The second kappa shape index (κ2) is 14.6. The van der Waals surface area contributed by atoms with Crippen LogP contribution in [0.1, 0.15) is 74.4 Å². The Kier molecular flexibility index (Phi) is 10.4. The van der Waals surface area contributed by atoms with E-state index in [4.69, 9.17) is 4.74 Å². The van der Waals surface area contributed by atoms with Gasteiger partial charge in [0, 0.05) is 41.3 Å². The van der Waals surface area contributed by atoms with Crippen LogP contribution in [0.25, 0.3) is 0 Å². The third-order valence-electron chi connectivity index (χ3n) is 8.11. The number of carbonyl (C=O) groups excluding carboxylic acids is 2. The molecule has 2 amide bonds. The zero-order chi connectivity index (χ0) is 31.1. The first-order valence-electron chi connectivity index (χ1n) is 15.1. The number of aliphatic hydroxyl groups excluding tert-OH is 1. The Bertz CT molecular complexity index is 1560. The molecule has 1 fully saturated rings. The van der Waals surface area contributed by atoms with Gasteiger partial charge >= 0.3 is 0 Å². The molecule has 4 atom stereocenters. The van der Waals surface area contributed by atoms with Crippen molar-refractivity contribution in [2.24, 2.45) is 0 Å². The molecule has 0 unspecified atom stereocenters. The normalized spacial score (nSPS) is 16.7. The Morgan fingerprint density at radius 1 is 1.07 bits per heavy atom. The van der Waals surface area contributed by atoms with Gasteiger partial charge in [0.15, 0.2) is 0 Å². The van der Waals surface area contributed by atoms with Gasteiger partial charge in [-0.1, -0.05) is 48.5 Å². The molecule has 0 saturated carbocycles. The summed E-state index contributed by atoms with van der Waals surface area (Å²) in [6.07, 6.45) is 1.37. The van der Waals surface area contributed by atoms with Gasteiger partial charge in [-0.2, -0.15) is 0 Å². The number of hydrogen-bond acceptors (Lipinski definition) is 7. The van der Waals surface area contributed by atoms with E-state index in [1.165, 1.54) is 0 Å². The van der Waals surface area contributed by atoms with Crippen molar-refractivity contribution in [2.45, 2.75) is 57.3 Å². The molecule has 8 nitrogen and oxygen atoms in total. The second-order valence-electron chi connectivity index (χ2n) is 11.3. The van der Waals surface area contributed by atoms with E-state index >= 15 is 0 Å². The molecule has 0 bridgehead atoms. The molecule has 1 aromatic heterocycles. The summed E-state index contributed by atoms with van der Waals surface area (Å²) >= 11 is 1.58. The first-order chi connectivity index (χ1) is 21.3. The average molecular weight is 613 g/mol. The number of likely N-dealkylation sites (tertiary alicyclic amines) is 1. The molecule has 0 radical (unpaired) electrons. The molecule has 0 spiro atoms. The van der Waals surface area contributed by atoms with E-state index in [9.17, 15) is 14.7 Å². The van der Waals surface area contributed by atoms with Crippen LogP contribution in [0.15, 0.2) is 84.2 Å².